The van der Waals surface area contributed by atoms with E-state index in [1.165, 1.54) is 18.2 Å². The third-order valence-corrected chi connectivity index (χ3v) is 4.33. The Morgan fingerprint density at radius 1 is 1.00 bits per heavy atom. The number of nitrogens with one attached hydrogen (secondary N) is 2. The molecule has 2 aromatic rings. The van der Waals surface area contributed by atoms with Crippen LogP contribution >= 0.6 is 0 Å². The van der Waals surface area contributed by atoms with Crippen LogP contribution in [0, 0.1) is 5.82 Å². The fraction of sp³-hybridized carbons (Fsp3) is 0.300. The number of ether oxygens (including phenoxy) is 1. The maximum Gasteiger partial charge on any atom is 0.255 e. The van der Waals surface area contributed by atoms with E-state index in [0.29, 0.717) is 30.9 Å². The highest BCUT2D eigenvalue weighted by molar-refractivity contribution is 6.06. The molecule has 3 rings (SSSR count). The Morgan fingerprint density at radius 3 is 2.44 bits per heavy atom. The van der Waals surface area contributed by atoms with E-state index < -0.39 is 11.7 Å². The van der Waals surface area contributed by atoms with Gasteiger partial charge in [0.25, 0.3) is 11.8 Å². The Morgan fingerprint density at radius 2 is 1.70 bits per heavy atom. The number of para-hydroxylation sites is 1. The van der Waals surface area contributed by atoms with Crippen LogP contribution in [-0.2, 0) is 4.74 Å². The summed E-state index contributed by atoms with van der Waals surface area (Å²) < 4.78 is 19.0. The highest BCUT2D eigenvalue weighted by Gasteiger charge is 2.13. The molecule has 0 saturated carbocycles. The van der Waals surface area contributed by atoms with Crippen molar-refractivity contribution in [3.63, 3.8) is 0 Å². The summed E-state index contributed by atoms with van der Waals surface area (Å²) in [5.74, 6) is -1.23. The molecule has 1 aliphatic rings. The zero-order valence-corrected chi connectivity index (χ0v) is 14.9. The van der Waals surface area contributed by atoms with Gasteiger partial charge >= 0.3 is 0 Å². The fourth-order valence-corrected chi connectivity index (χ4v) is 2.81. The highest BCUT2D eigenvalue weighted by atomic mass is 19.1. The summed E-state index contributed by atoms with van der Waals surface area (Å²) in [5.41, 5.74) is 0.778. The van der Waals surface area contributed by atoms with Gasteiger partial charge in [0.05, 0.1) is 18.9 Å². The molecule has 0 radical (unpaired) electrons. The second-order valence-corrected chi connectivity index (χ2v) is 6.22. The van der Waals surface area contributed by atoms with Crippen molar-refractivity contribution in [3.05, 3.63) is 65.5 Å². The van der Waals surface area contributed by atoms with Crippen molar-refractivity contribution in [2.24, 2.45) is 0 Å². The smallest absolute Gasteiger partial charge is 0.255 e. The summed E-state index contributed by atoms with van der Waals surface area (Å²) in [7, 11) is 0. The first-order valence-electron chi connectivity index (χ1n) is 8.88. The van der Waals surface area contributed by atoms with Crippen LogP contribution in [0.1, 0.15) is 20.7 Å². The van der Waals surface area contributed by atoms with Crippen molar-refractivity contribution in [2.45, 2.75) is 0 Å². The molecule has 0 aliphatic carbocycles. The van der Waals surface area contributed by atoms with Crippen molar-refractivity contribution in [1.82, 2.24) is 10.2 Å². The zero-order valence-electron chi connectivity index (χ0n) is 14.9. The number of carbonyl (C=O) groups excluding carboxylic acids is 2. The summed E-state index contributed by atoms with van der Waals surface area (Å²) in [4.78, 5) is 26.9. The van der Waals surface area contributed by atoms with Gasteiger partial charge in [-0.25, -0.2) is 4.39 Å². The lowest BCUT2D eigenvalue weighted by molar-refractivity contribution is 0.0383. The first-order valence-corrected chi connectivity index (χ1v) is 8.88. The quantitative estimate of drug-likeness (QED) is 0.816. The molecule has 0 unspecified atom stereocenters. The SMILES string of the molecule is O=C(NCCN1CCOCC1)c1cccc(C(=O)Nc2ccccc2F)c1. The van der Waals surface area contributed by atoms with Crippen LogP contribution in [0.2, 0.25) is 0 Å². The van der Waals surface area contributed by atoms with Crippen LogP contribution in [0.3, 0.4) is 0 Å². The van der Waals surface area contributed by atoms with E-state index in [1.807, 2.05) is 0 Å². The van der Waals surface area contributed by atoms with Crippen LogP contribution < -0.4 is 10.6 Å². The molecule has 0 spiro atoms. The topological polar surface area (TPSA) is 70.7 Å². The number of halogens is 1. The summed E-state index contributed by atoms with van der Waals surface area (Å²) >= 11 is 0. The summed E-state index contributed by atoms with van der Waals surface area (Å²) in [6.45, 7) is 4.43. The van der Waals surface area contributed by atoms with Crippen LogP contribution in [0.15, 0.2) is 48.5 Å². The van der Waals surface area contributed by atoms with E-state index in [9.17, 15) is 14.0 Å². The third kappa shape index (κ3) is 5.35. The Balaban J connectivity index is 1.56. The average Bonchev–Trinajstić information content (AvgIpc) is 2.70. The first kappa shape index (κ1) is 19.0. The van der Waals surface area contributed by atoms with Crippen LogP contribution in [0.25, 0.3) is 0 Å². The molecule has 7 heteroatoms. The van der Waals surface area contributed by atoms with E-state index in [4.69, 9.17) is 4.74 Å². The normalized spacial score (nSPS) is 14.6. The number of rotatable bonds is 6. The van der Waals surface area contributed by atoms with Crippen molar-refractivity contribution in [2.75, 3.05) is 44.7 Å². The second-order valence-electron chi connectivity index (χ2n) is 6.22. The average molecular weight is 371 g/mol. The second kappa shape index (κ2) is 9.25. The van der Waals surface area contributed by atoms with Crippen molar-refractivity contribution in [3.8, 4) is 0 Å². The minimum Gasteiger partial charge on any atom is -0.379 e. The van der Waals surface area contributed by atoms with Gasteiger partial charge in [-0.1, -0.05) is 18.2 Å². The first-order chi connectivity index (χ1) is 13.1. The Labute approximate surface area is 157 Å². The van der Waals surface area contributed by atoms with Gasteiger partial charge in [0.2, 0.25) is 0 Å². The van der Waals surface area contributed by atoms with Crippen LogP contribution in [-0.4, -0.2) is 56.1 Å². The molecule has 2 aromatic carbocycles. The lowest BCUT2D eigenvalue weighted by Gasteiger charge is -2.26. The fourth-order valence-electron chi connectivity index (χ4n) is 2.81. The maximum atomic E-state index is 13.7. The summed E-state index contributed by atoms with van der Waals surface area (Å²) in [6.07, 6.45) is 0. The van der Waals surface area contributed by atoms with Gasteiger partial charge in [0, 0.05) is 37.3 Å². The van der Waals surface area contributed by atoms with Gasteiger partial charge in [-0.3, -0.25) is 14.5 Å². The molecule has 1 aliphatic heterocycles. The monoisotopic (exact) mass is 371 g/mol. The number of amides is 2. The molecular weight excluding hydrogens is 349 g/mol. The standard InChI is InChI=1S/C20H22FN3O3/c21-17-6-1-2-7-18(17)23-20(26)16-5-3-4-15(14-16)19(25)22-8-9-24-10-12-27-13-11-24/h1-7,14H,8-13H2,(H,22,25)(H,23,26). The van der Waals surface area contributed by atoms with E-state index in [-0.39, 0.29) is 11.6 Å². The number of hydrogen-bond acceptors (Lipinski definition) is 4. The molecule has 0 atom stereocenters. The maximum absolute atomic E-state index is 13.7. The summed E-state index contributed by atoms with van der Waals surface area (Å²) in [6, 6.07) is 12.3. The largest absolute Gasteiger partial charge is 0.379 e. The minimum absolute atomic E-state index is 0.0999. The Kier molecular flexibility index (Phi) is 6.51. The van der Waals surface area contributed by atoms with E-state index in [0.717, 1.165) is 19.6 Å². The third-order valence-electron chi connectivity index (χ3n) is 4.33. The summed E-state index contributed by atoms with van der Waals surface area (Å²) in [5, 5.41) is 5.37. The Hall–Kier alpha value is -2.77. The van der Waals surface area contributed by atoms with E-state index in [2.05, 4.69) is 15.5 Å². The number of benzene rings is 2. The van der Waals surface area contributed by atoms with E-state index in [1.54, 1.807) is 30.3 Å². The molecule has 0 aromatic heterocycles. The van der Waals surface area contributed by atoms with Gasteiger partial charge in [-0.05, 0) is 30.3 Å². The van der Waals surface area contributed by atoms with Crippen molar-refractivity contribution < 1.29 is 18.7 Å². The van der Waals surface area contributed by atoms with Gasteiger partial charge in [0.1, 0.15) is 5.82 Å². The molecule has 1 heterocycles. The molecule has 2 amide bonds. The Bertz CT molecular complexity index is 807. The van der Waals surface area contributed by atoms with Gasteiger partial charge in [0.15, 0.2) is 0 Å². The van der Waals surface area contributed by atoms with Gasteiger partial charge in [-0.15, -0.1) is 0 Å². The molecule has 0 bridgehead atoms. The molecule has 27 heavy (non-hydrogen) atoms. The van der Waals surface area contributed by atoms with Crippen molar-refractivity contribution >= 4 is 17.5 Å². The molecule has 1 fully saturated rings. The number of hydrogen-bond donors (Lipinski definition) is 2. The van der Waals surface area contributed by atoms with Gasteiger partial charge in [-0.2, -0.15) is 0 Å². The number of morpholine rings is 1. The molecule has 2 N–H and O–H groups in total. The molecule has 1 saturated heterocycles. The number of nitrogens with zero attached hydrogens (tertiary/aromatic N) is 1. The lowest BCUT2D eigenvalue weighted by atomic mass is 10.1. The molecule has 142 valence electrons. The number of anilines is 1. The zero-order chi connectivity index (χ0) is 19.1. The predicted octanol–water partition coefficient (Wildman–Crippen LogP) is 2.14. The van der Waals surface area contributed by atoms with Gasteiger partial charge < -0.3 is 15.4 Å². The predicted molar refractivity (Wildman–Crippen MR) is 100 cm³/mol. The minimum atomic E-state index is -0.511. The van der Waals surface area contributed by atoms with Crippen LogP contribution in [0.5, 0.6) is 0 Å². The highest BCUT2D eigenvalue weighted by Crippen LogP contribution is 2.14. The van der Waals surface area contributed by atoms with Crippen molar-refractivity contribution in [1.29, 1.82) is 0 Å². The van der Waals surface area contributed by atoms with Crippen LogP contribution in [0.4, 0.5) is 10.1 Å². The van der Waals surface area contributed by atoms with E-state index >= 15 is 0 Å². The molecular formula is C20H22FN3O3. The molecule has 6 nitrogen and oxygen atoms in total. The number of carbonyl (C=O) groups is 2. The lowest BCUT2D eigenvalue weighted by Crippen LogP contribution is -2.41.